The summed E-state index contributed by atoms with van der Waals surface area (Å²) in [5, 5.41) is 17.9. The SMILES string of the molecule is CCCC(CO)c1ccc(C(=O)O)cc1. The first-order valence-corrected chi connectivity index (χ1v) is 5.13. The second-order valence-electron chi connectivity index (χ2n) is 3.60. The monoisotopic (exact) mass is 208 g/mol. The van der Waals surface area contributed by atoms with Crippen LogP contribution in [0, 0.1) is 0 Å². The quantitative estimate of drug-likeness (QED) is 0.780. The van der Waals surface area contributed by atoms with Crippen LogP contribution in [-0.2, 0) is 0 Å². The number of aliphatic hydroxyl groups excluding tert-OH is 1. The number of carboxylic acid groups (broad SMARTS) is 1. The van der Waals surface area contributed by atoms with Crippen molar-refractivity contribution in [2.24, 2.45) is 0 Å². The third-order valence-corrected chi connectivity index (χ3v) is 2.49. The lowest BCUT2D eigenvalue weighted by molar-refractivity contribution is 0.0697. The minimum absolute atomic E-state index is 0.111. The van der Waals surface area contributed by atoms with Crippen LogP contribution in [-0.4, -0.2) is 22.8 Å². The minimum Gasteiger partial charge on any atom is -0.478 e. The zero-order chi connectivity index (χ0) is 11.3. The average Bonchev–Trinajstić information content (AvgIpc) is 2.26. The fraction of sp³-hybridized carbons (Fsp3) is 0.417. The van der Waals surface area contributed by atoms with Crippen LogP contribution in [0.1, 0.15) is 41.6 Å². The first-order valence-electron chi connectivity index (χ1n) is 5.13. The Kier molecular flexibility index (Phi) is 4.31. The van der Waals surface area contributed by atoms with Crippen LogP contribution in [0.3, 0.4) is 0 Å². The molecule has 3 heteroatoms. The van der Waals surface area contributed by atoms with Crippen molar-refractivity contribution in [1.29, 1.82) is 0 Å². The minimum atomic E-state index is -0.919. The Balaban J connectivity index is 2.81. The second kappa shape index (κ2) is 5.51. The van der Waals surface area contributed by atoms with Gasteiger partial charge in [-0.25, -0.2) is 4.79 Å². The van der Waals surface area contributed by atoms with Gasteiger partial charge in [-0.3, -0.25) is 0 Å². The van der Waals surface area contributed by atoms with Crippen molar-refractivity contribution in [1.82, 2.24) is 0 Å². The molecule has 3 nitrogen and oxygen atoms in total. The molecule has 82 valence electrons. The molecule has 0 aliphatic rings. The summed E-state index contributed by atoms with van der Waals surface area (Å²) in [6.07, 6.45) is 1.93. The standard InChI is InChI=1S/C12H16O3/c1-2-3-11(8-13)9-4-6-10(7-5-9)12(14)15/h4-7,11,13H,2-3,8H2,1H3,(H,14,15). The van der Waals surface area contributed by atoms with E-state index in [0.717, 1.165) is 18.4 Å². The number of aliphatic hydroxyl groups is 1. The van der Waals surface area contributed by atoms with Gasteiger partial charge in [0.25, 0.3) is 0 Å². The lowest BCUT2D eigenvalue weighted by Crippen LogP contribution is -2.04. The van der Waals surface area contributed by atoms with Crippen molar-refractivity contribution < 1.29 is 15.0 Å². The van der Waals surface area contributed by atoms with Crippen LogP contribution < -0.4 is 0 Å². The molecule has 0 aliphatic carbocycles. The maximum Gasteiger partial charge on any atom is 0.335 e. The van der Waals surface area contributed by atoms with Crippen LogP contribution in [0.2, 0.25) is 0 Å². The van der Waals surface area contributed by atoms with Crippen LogP contribution in [0.5, 0.6) is 0 Å². The fourth-order valence-electron chi connectivity index (χ4n) is 1.61. The zero-order valence-corrected chi connectivity index (χ0v) is 8.81. The molecule has 1 aromatic rings. The first-order chi connectivity index (χ1) is 7.19. The summed E-state index contributed by atoms with van der Waals surface area (Å²) in [4.78, 5) is 10.6. The van der Waals surface area contributed by atoms with Gasteiger partial charge in [0.15, 0.2) is 0 Å². The highest BCUT2D eigenvalue weighted by atomic mass is 16.4. The summed E-state index contributed by atoms with van der Waals surface area (Å²) < 4.78 is 0. The van der Waals surface area contributed by atoms with Crippen LogP contribution in [0.15, 0.2) is 24.3 Å². The maximum atomic E-state index is 10.6. The van der Waals surface area contributed by atoms with E-state index in [4.69, 9.17) is 5.11 Å². The van der Waals surface area contributed by atoms with Gasteiger partial charge < -0.3 is 10.2 Å². The fourth-order valence-corrected chi connectivity index (χ4v) is 1.61. The Morgan fingerprint density at radius 2 is 1.93 bits per heavy atom. The maximum absolute atomic E-state index is 10.6. The van der Waals surface area contributed by atoms with Gasteiger partial charge >= 0.3 is 5.97 Å². The Bertz CT molecular complexity index is 316. The van der Waals surface area contributed by atoms with Crippen LogP contribution in [0.25, 0.3) is 0 Å². The molecule has 0 bridgehead atoms. The van der Waals surface area contributed by atoms with E-state index in [2.05, 4.69) is 6.92 Å². The number of carboxylic acids is 1. The number of rotatable bonds is 5. The molecule has 0 heterocycles. The molecule has 0 aliphatic heterocycles. The lowest BCUT2D eigenvalue weighted by atomic mass is 9.94. The predicted molar refractivity (Wildman–Crippen MR) is 58.1 cm³/mol. The van der Waals surface area contributed by atoms with Gasteiger partial charge in [-0.1, -0.05) is 25.5 Å². The summed E-state index contributed by atoms with van der Waals surface area (Å²) >= 11 is 0. The van der Waals surface area contributed by atoms with Crippen LogP contribution >= 0.6 is 0 Å². The lowest BCUT2D eigenvalue weighted by Gasteiger charge is -2.13. The molecule has 0 amide bonds. The molecular formula is C12H16O3. The Morgan fingerprint density at radius 1 is 1.33 bits per heavy atom. The number of hydrogen-bond acceptors (Lipinski definition) is 2. The Hall–Kier alpha value is -1.35. The van der Waals surface area contributed by atoms with Gasteiger partial charge in [0.1, 0.15) is 0 Å². The number of aromatic carboxylic acids is 1. The normalized spacial score (nSPS) is 12.4. The molecule has 2 N–H and O–H groups in total. The van der Waals surface area contributed by atoms with Crippen molar-refractivity contribution in [2.45, 2.75) is 25.7 Å². The summed E-state index contributed by atoms with van der Waals surface area (Å²) in [7, 11) is 0. The van der Waals surface area contributed by atoms with E-state index in [1.165, 1.54) is 0 Å². The van der Waals surface area contributed by atoms with Gasteiger partial charge in [-0.05, 0) is 24.1 Å². The highest BCUT2D eigenvalue weighted by Crippen LogP contribution is 2.20. The largest absolute Gasteiger partial charge is 0.478 e. The van der Waals surface area contributed by atoms with Crippen molar-refractivity contribution in [3.63, 3.8) is 0 Å². The van der Waals surface area contributed by atoms with E-state index in [-0.39, 0.29) is 18.1 Å². The summed E-state index contributed by atoms with van der Waals surface area (Å²) in [5.74, 6) is -0.796. The van der Waals surface area contributed by atoms with E-state index in [0.29, 0.717) is 0 Å². The molecule has 0 spiro atoms. The smallest absolute Gasteiger partial charge is 0.335 e. The van der Waals surface area contributed by atoms with E-state index in [1.54, 1.807) is 24.3 Å². The average molecular weight is 208 g/mol. The zero-order valence-electron chi connectivity index (χ0n) is 8.81. The second-order valence-corrected chi connectivity index (χ2v) is 3.60. The van der Waals surface area contributed by atoms with E-state index < -0.39 is 5.97 Å². The highest BCUT2D eigenvalue weighted by Gasteiger charge is 2.10. The van der Waals surface area contributed by atoms with Crippen molar-refractivity contribution in [3.8, 4) is 0 Å². The summed E-state index contributed by atoms with van der Waals surface area (Å²) in [6, 6.07) is 6.71. The molecule has 1 aromatic carbocycles. The predicted octanol–water partition coefficient (Wildman–Crippen LogP) is 2.26. The van der Waals surface area contributed by atoms with E-state index >= 15 is 0 Å². The summed E-state index contributed by atoms with van der Waals surface area (Å²) in [5.41, 5.74) is 1.29. The number of hydrogen-bond donors (Lipinski definition) is 2. The van der Waals surface area contributed by atoms with Gasteiger partial charge in [-0.15, -0.1) is 0 Å². The van der Waals surface area contributed by atoms with Gasteiger partial charge in [-0.2, -0.15) is 0 Å². The molecule has 1 rings (SSSR count). The topological polar surface area (TPSA) is 57.5 Å². The van der Waals surface area contributed by atoms with Gasteiger partial charge in [0.2, 0.25) is 0 Å². The van der Waals surface area contributed by atoms with Crippen LogP contribution in [0.4, 0.5) is 0 Å². The summed E-state index contributed by atoms with van der Waals surface area (Å²) in [6.45, 7) is 2.18. The molecule has 0 saturated carbocycles. The molecule has 1 unspecified atom stereocenters. The first kappa shape index (κ1) is 11.7. The van der Waals surface area contributed by atoms with Crippen molar-refractivity contribution >= 4 is 5.97 Å². The third-order valence-electron chi connectivity index (χ3n) is 2.49. The molecule has 0 radical (unpaired) electrons. The molecule has 0 aromatic heterocycles. The van der Waals surface area contributed by atoms with Gasteiger partial charge in [0.05, 0.1) is 5.56 Å². The Morgan fingerprint density at radius 3 is 2.33 bits per heavy atom. The molecule has 0 fully saturated rings. The highest BCUT2D eigenvalue weighted by molar-refractivity contribution is 5.87. The number of benzene rings is 1. The molecule has 15 heavy (non-hydrogen) atoms. The van der Waals surface area contributed by atoms with E-state index in [1.807, 2.05) is 0 Å². The number of carbonyl (C=O) groups is 1. The van der Waals surface area contributed by atoms with Crippen molar-refractivity contribution in [2.75, 3.05) is 6.61 Å². The van der Waals surface area contributed by atoms with E-state index in [9.17, 15) is 9.90 Å². The Labute approximate surface area is 89.4 Å². The molecule has 1 atom stereocenters. The van der Waals surface area contributed by atoms with Gasteiger partial charge in [0, 0.05) is 12.5 Å². The molecule has 0 saturated heterocycles. The molecular weight excluding hydrogens is 192 g/mol. The van der Waals surface area contributed by atoms with Crippen molar-refractivity contribution in [3.05, 3.63) is 35.4 Å². The third kappa shape index (κ3) is 3.06.